The Morgan fingerprint density at radius 3 is 2.28 bits per heavy atom. The van der Waals surface area contributed by atoms with E-state index in [-0.39, 0.29) is 28.5 Å². The van der Waals surface area contributed by atoms with Crippen LogP contribution in [0.25, 0.3) is 0 Å². The minimum Gasteiger partial charge on any atom is -0.426 e. The summed E-state index contributed by atoms with van der Waals surface area (Å²) < 4.78 is 5.66. The van der Waals surface area contributed by atoms with Gasteiger partial charge in [0.05, 0.1) is 5.92 Å². The highest BCUT2D eigenvalue weighted by molar-refractivity contribution is 6.05. The molecular formula is C26H28O3. The van der Waals surface area contributed by atoms with E-state index in [2.05, 4.69) is 20.8 Å². The number of hydrogen-bond acceptors (Lipinski definition) is 3. The van der Waals surface area contributed by atoms with Crippen molar-refractivity contribution >= 4 is 11.8 Å². The molecule has 3 atom stereocenters. The molecule has 0 amide bonds. The number of benzene rings is 2. The van der Waals surface area contributed by atoms with Gasteiger partial charge in [0, 0.05) is 5.41 Å². The van der Waals surface area contributed by atoms with Crippen molar-refractivity contribution in [3.05, 3.63) is 77.9 Å². The summed E-state index contributed by atoms with van der Waals surface area (Å²) >= 11 is 0. The lowest BCUT2D eigenvalue weighted by Gasteiger charge is -2.31. The van der Waals surface area contributed by atoms with E-state index < -0.39 is 5.92 Å². The zero-order chi connectivity index (χ0) is 20.6. The molecule has 2 aliphatic carbocycles. The predicted octanol–water partition coefficient (Wildman–Crippen LogP) is 5.40. The van der Waals surface area contributed by atoms with Gasteiger partial charge >= 0.3 is 5.97 Å². The van der Waals surface area contributed by atoms with Crippen LogP contribution in [-0.2, 0) is 16.0 Å². The third-order valence-corrected chi connectivity index (χ3v) is 7.31. The standard InChI is InChI=1S/C26H28O3/c1-25(2)22-14-15-26(25,3)23(27)21(22)17-19(16-18-10-6-4-7-11-18)24(28)29-20-12-8-5-9-13-20/h4-13,17,19,22H,14-16H2,1-3H3/b21-17-/t19-,22+,26-/m1/s1. The van der Waals surface area contributed by atoms with Crippen LogP contribution in [0.2, 0.25) is 0 Å². The second kappa shape index (κ2) is 7.29. The minimum absolute atomic E-state index is 0.0729. The van der Waals surface area contributed by atoms with E-state index in [1.807, 2.05) is 54.6 Å². The molecule has 0 heterocycles. The fraction of sp³-hybridized carbons (Fsp3) is 0.385. The van der Waals surface area contributed by atoms with Gasteiger partial charge in [-0.2, -0.15) is 0 Å². The third kappa shape index (κ3) is 3.33. The Bertz CT molecular complexity index is 942. The molecule has 3 nitrogen and oxygen atoms in total. The van der Waals surface area contributed by atoms with Gasteiger partial charge in [0.2, 0.25) is 0 Å². The van der Waals surface area contributed by atoms with Crippen LogP contribution < -0.4 is 4.74 Å². The van der Waals surface area contributed by atoms with E-state index >= 15 is 0 Å². The zero-order valence-electron chi connectivity index (χ0n) is 17.4. The van der Waals surface area contributed by atoms with E-state index in [1.165, 1.54) is 0 Å². The average Bonchev–Trinajstić information content (AvgIpc) is 3.02. The number of Topliss-reactive ketones (excluding diaryl/α,β-unsaturated/α-hetero) is 1. The first-order chi connectivity index (χ1) is 13.8. The van der Waals surface area contributed by atoms with Crippen LogP contribution >= 0.6 is 0 Å². The molecule has 3 heteroatoms. The first kappa shape index (κ1) is 19.6. The number of ketones is 1. The molecule has 0 N–H and O–H groups in total. The maximum Gasteiger partial charge on any atom is 0.318 e. The molecule has 2 fully saturated rings. The highest BCUT2D eigenvalue weighted by Crippen LogP contribution is 2.65. The SMILES string of the molecule is CC1(C)[C@H]2CC[C@]1(C)C(=O)/C2=C\[C@@H](Cc1ccccc1)C(=O)Oc1ccccc1. The van der Waals surface area contributed by atoms with Crippen LogP contribution in [0.1, 0.15) is 39.2 Å². The Labute approximate surface area is 172 Å². The second-order valence-electron chi connectivity index (χ2n) is 9.13. The van der Waals surface area contributed by atoms with Crippen molar-refractivity contribution in [1.82, 2.24) is 0 Å². The highest BCUT2D eigenvalue weighted by Gasteiger charge is 2.64. The summed E-state index contributed by atoms with van der Waals surface area (Å²) in [5.41, 5.74) is 1.48. The third-order valence-electron chi connectivity index (χ3n) is 7.31. The molecule has 0 saturated heterocycles. The first-order valence-corrected chi connectivity index (χ1v) is 10.4. The minimum atomic E-state index is -0.490. The number of rotatable bonds is 5. The van der Waals surface area contributed by atoms with Crippen LogP contribution in [0, 0.1) is 22.7 Å². The first-order valence-electron chi connectivity index (χ1n) is 10.4. The average molecular weight is 389 g/mol. The Morgan fingerprint density at radius 2 is 1.69 bits per heavy atom. The maximum absolute atomic E-state index is 13.3. The van der Waals surface area contributed by atoms with Crippen molar-refractivity contribution in [2.45, 2.75) is 40.0 Å². The summed E-state index contributed by atoms with van der Waals surface area (Å²) in [4.78, 5) is 26.3. The predicted molar refractivity (Wildman–Crippen MR) is 113 cm³/mol. The van der Waals surface area contributed by atoms with E-state index in [4.69, 9.17) is 4.74 Å². The van der Waals surface area contributed by atoms with E-state index in [1.54, 1.807) is 12.1 Å². The smallest absolute Gasteiger partial charge is 0.318 e. The zero-order valence-corrected chi connectivity index (χ0v) is 17.4. The molecule has 2 aromatic carbocycles. The summed E-state index contributed by atoms with van der Waals surface area (Å²) in [6.45, 7) is 6.47. The normalized spacial score (nSPS) is 27.2. The number of esters is 1. The van der Waals surface area contributed by atoms with Crippen molar-refractivity contribution < 1.29 is 14.3 Å². The molecule has 29 heavy (non-hydrogen) atoms. The summed E-state index contributed by atoms with van der Waals surface area (Å²) in [5.74, 6) is 0.147. The maximum atomic E-state index is 13.3. The molecule has 0 spiro atoms. The summed E-state index contributed by atoms with van der Waals surface area (Å²) in [7, 11) is 0. The molecular weight excluding hydrogens is 360 g/mol. The lowest BCUT2D eigenvalue weighted by atomic mass is 9.70. The van der Waals surface area contributed by atoms with Gasteiger partial charge in [0.15, 0.2) is 5.78 Å². The monoisotopic (exact) mass is 388 g/mol. The Balaban J connectivity index is 1.66. The van der Waals surface area contributed by atoms with Gasteiger partial charge in [0.1, 0.15) is 5.75 Å². The van der Waals surface area contributed by atoms with Crippen molar-refractivity contribution in [2.24, 2.45) is 22.7 Å². The molecule has 2 aliphatic rings. The van der Waals surface area contributed by atoms with Crippen LogP contribution in [0.15, 0.2) is 72.3 Å². The summed E-state index contributed by atoms with van der Waals surface area (Å²) in [6, 6.07) is 19.0. The summed E-state index contributed by atoms with van der Waals surface area (Å²) in [6.07, 6.45) is 4.37. The molecule has 0 radical (unpaired) electrons. The number of allylic oxidation sites excluding steroid dienone is 1. The van der Waals surface area contributed by atoms with Gasteiger partial charge in [-0.3, -0.25) is 9.59 Å². The Morgan fingerprint density at radius 1 is 1.07 bits per heavy atom. The molecule has 0 unspecified atom stereocenters. The van der Waals surface area contributed by atoms with Crippen LogP contribution in [0.3, 0.4) is 0 Å². The number of para-hydroxylation sites is 1. The Kier molecular flexibility index (Phi) is 4.94. The molecule has 2 aromatic rings. The number of hydrogen-bond donors (Lipinski definition) is 0. The van der Waals surface area contributed by atoms with Gasteiger partial charge in [-0.15, -0.1) is 0 Å². The second-order valence-corrected chi connectivity index (χ2v) is 9.13. The lowest BCUT2D eigenvalue weighted by molar-refractivity contribution is -0.137. The topological polar surface area (TPSA) is 43.4 Å². The van der Waals surface area contributed by atoms with E-state index in [0.29, 0.717) is 12.2 Å². The molecule has 0 aliphatic heterocycles. The molecule has 2 bridgehead atoms. The lowest BCUT2D eigenvalue weighted by Crippen LogP contribution is -2.32. The number of fused-ring (bicyclic) bond motifs is 2. The molecule has 4 rings (SSSR count). The molecule has 150 valence electrons. The van der Waals surface area contributed by atoms with Crippen LogP contribution in [0.5, 0.6) is 5.75 Å². The number of carbonyl (C=O) groups excluding carboxylic acids is 2. The van der Waals surface area contributed by atoms with E-state index in [9.17, 15) is 9.59 Å². The quantitative estimate of drug-likeness (QED) is 0.391. The highest BCUT2D eigenvalue weighted by atomic mass is 16.5. The van der Waals surface area contributed by atoms with Crippen molar-refractivity contribution in [2.75, 3.05) is 0 Å². The van der Waals surface area contributed by atoms with Crippen molar-refractivity contribution in [3.63, 3.8) is 0 Å². The van der Waals surface area contributed by atoms with Gasteiger partial charge < -0.3 is 4.74 Å². The number of ether oxygens (including phenoxy) is 1. The fourth-order valence-electron chi connectivity index (χ4n) is 5.10. The fourth-order valence-corrected chi connectivity index (χ4v) is 5.10. The largest absolute Gasteiger partial charge is 0.426 e. The van der Waals surface area contributed by atoms with Crippen LogP contribution in [-0.4, -0.2) is 11.8 Å². The van der Waals surface area contributed by atoms with Gasteiger partial charge in [0.25, 0.3) is 0 Å². The van der Waals surface area contributed by atoms with Gasteiger partial charge in [-0.25, -0.2) is 0 Å². The molecule has 0 aromatic heterocycles. The molecule has 2 saturated carbocycles. The van der Waals surface area contributed by atoms with Gasteiger partial charge in [-0.05, 0) is 53.9 Å². The van der Waals surface area contributed by atoms with E-state index in [0.717, 1.165) is 24.0 Å². The van der Waals surface area contributed by atoms with Crippen molar-refractivity contribution in [1.29, 1.82) is 0 Å². The van der Waals surface area contributed by atoms with Crippen molar-refractivity contribution in [3.8, 4) is 5.75 Å². The van der Waals surface area contributed by atoms with Crippen LogP contribution in [0.4, 0.5) is 0 Å². The Hall–Kier alpha value is -2.68. The number of carbonyl (C=O) groups is 2. The summed E-state index contributed by atoms with van der Waals surface area (Å²) in [5, 5.41) is 0. The van der Waals surface area contributed by atoms with Gasteiger partial charge in [-0.1, -0.05) is 75.4 Å².